The molecule has 4 nitrogen and oxygen atoms in total. The lowest BCUT2D eigenvalue weighted by Gasteiger charge is -2.32. The van der Waals surface area contributed by atoms with Crippen molar-refractivity contribution in [2.45, 2.75) is 52.0 Å². The summed E-state index contributed by atoms with van der Waals surface area (Å²) in [7, 11) is 0. The minimum atomic E-state index is -0.218. The second-order valence-corrected chi connectivity index (χ2v) is 8.52. The van der Waals surface area contributed by atoms with Gasteiger partial charge in [-0.3, -0.25) is 0 Å². The van der Waals surface area contributed by atoms with Crippen LogP contribution in [0.4, 0.5) is 5.69 Å². The highest BCUT2D eigenvalue weighted by Crippen LogP contribution is 2.41. The van der Waals surface area contributed by atoms with Gasteiger partial charge in [-0.15, -0.1) is 0 Å². The standard InChI is InChI=1S/C24H24ClNO3/c1-3-14(2)15-7-9-16(10-8-15)26-12-20-22-19(11-21(25)23(20)28-13-26)17-5-4-6-18(17)24(27)29-22/h7-11,14H,3-6,12-13H2,1-2H3. The molecule has 1 aliphatic heterocycles. The predicted molar refractivity (Wildman–Crippen MR) is 116 cm³/mol. The summed E-state index contributed by atoms with van der Waals surface area (Å²) in [5.41, 5.74) is 5.58. The Morgan fingerprint density at radius 2 is 1.90 bits per heavy atom. The molecule has 5 heteroatoms. The Bertz CT molecular complexity index is 1150. The quantitative estimate of drug-likeness (QED) is 0.512. The summed E-state index contributed by atoms with van der Waals surface area (Å²) in [6, 6.07) is 10.5. The molecule has 0 saturated heterocycles. The number of anilines is 1. The molecule has 150 valence electrons. The molecule has 0 amide bonds. The Morgan fingerprint density at radius 1 is 1.14 bits per heavy atom. The van der Waals surface area contributed by atoms with Gasteiger partial charge in [-0.1, -0.05) is 37.6 Å². The number of hydrogen-bond acceptors (Lipinski definition) is 4. The fraction of sp³-hybridized carbons (Fsp3) is 0.375. The van der Waals surface area contributed by atoms with Crippen LogP contribution in [0.3, 0.4) is 0 Å². The molecule has 0 spiro atoms. The number of rotatable bonds is 3. The number of ether oxygens (including phenoxy) is 1. The van der Waals surface area contributed by atoms with E-state index in [0.717, 1.165) is 53.4 Å². The molecule has 1 aliphatic carbocycles. The highest BCUT2D eigenvalue weighted by atomic mass is 35.5. The Morgan fingerprint density at radius 3 is 2.66 bits per heavy atom. The van der Waals surface area contributed by atoms with Gasteiger partial charge in [-0.2, -0.15) is 0 Å². The largest absolute Gasteiger partial charge is 0.471 e. The third kappa shape index (κ3) is 3.01. The van der Waals surface area contributed by atoms with Gasteiger partial charge in [0.25, 0.3) is 0 Å². The van der Waals surface area contributed by atoms with Gasteiger partial charge in [0.2, 0.25) is 0 Å². The second-order valence-electron chi connectivity index (χ2n) is 8.12. The average Bonchev–Trinajstić information content (AvgIpc) is 3.25. The van der Waals surface area contributed by atoms with Crippen LogP contribution in [-0.2, 0) is 19.4 Å². The molecule has 1 atom stereocenters. The molecular weight excluding hydrogens is 386 g/mol. The van der Waals surface area contributed by atoms with Crippen LogP contribution in [0.1, 0.15) is 54.9 Å². The van der Waals surface area contributed by atoms with Crippen molar-refractivity contribution in [2.75, 3.05) is 11.6 Å². The minimum absolute atomic E-state index is 0.218. The zero-order valence-electron chi connectivity index (χ0n) is 16.8. The first kappa shape index (κ1) is 18.6. The van der Waals surface area contributed by atoms with Crippen molar-refractivity contribution in [3.05, 3.63) is 68.0 Å². The van der Waals surface area contributed by atoms with Gasteiger partial charge < -0.3 is 14.1 Å². The lowest BCUT2D eigenvalue weighted by atomic mass is 9.98. The van der Waals surface area contributed by atoms with Gasteiger partial charge in [0.1, 0.15) is 11.3 Å². The number of nitrogens with zero attached hydrogens (tertiary/aromatic N) is 1. The molecule has 0 bridgehead atoms. The Balaban J connectivity index is 1.57. The van der Waals surface area contributed by atoms with E-state index in [9.17, 15) is 4.79 Å². The smallest absolute Gasteiger partial charge is 0.339 e. The molecule has 3 aromatic rings. The number of fused-ring (bicyclic) bond motifs is 5. The van der Waals surface area contributed by atoms with E-state index in [1.165, 1.54) is 5.56 Å². The summed E-state index contributed by atoms with van der Waals surface area (Å²) in [6.07, 6.45) is 3.79. The first-order valence-corrected chi connectivity index (χ1v) is 10.7. The summed E-state index contributed by atoms with van der Waals surface area (Å²) in [5, 5.41) is 1.54. The lowest BCUT2D eigenvalue weighted by molar-refractivity contribution is 0.289. The number of benzene rings is 2. The first-order chi connectivity index (χ1) is 14.1. The number of hydrogen-bond donors (Lipinski definition) is 0. The van der Waals surface area contributed by atoms with Gasteiger partial charge in [0.05, 0.1) is 17.1 Å². The van der Waals surface area contributed by atoms with Crippen LogP contribution in [0.2, 0.25) is 5.02 Å². The van der Waals surface area contributed by atoms with E-state index < -0.39 is 0 Å². The molecule has 2 aromatic carbocycles. The number of aryl methyl sites for hydroxylation is 1. The van der Waals surface area contributed by atoms with Crippen LogP contribution in [0.15, 0.2) is 39.5 Å². The minimum Gasteiger partial charge on any atom is -0.471 e. The summed E-state index contributed by atoms with van der Waals surface area (Å²) in [4.78, 5) is 14.7. The topological polar surface area (TPSA) is 42.7 Å². The van der Waals surface area contributed by atoms with Gasteiger partial charge in [-0.25, -0.2) is 4.79 Å². The van der Waals surface area contributed by atoms with Crippen LogP contribution in [0.25, 0.3) is 11.0 Å². The summed E-state index contributed by atoms with van der Waals surface area (Å²) < 4.78 is 11.8. The van der Waals surface area contributed by atoms with E-state index >= 15 is 0 Å². The Hall–Kier alpha value is -2.46. The molecule has 0 fully saturated rings. The van der Waals surface area contributed by atoms with Crippen molar-refractivity contribution < 1.29 is 9.15 Å². The SMILES string of the molecule is CCC(C)c1ccc(N2COc3c(Cl)cc4c5c(c(=O)oc4c3C2)CCC5)cc1. The maximum absolute atomic E-state index is 12.5. The van der Waals surface area contributed by atoms with Crippen molar-refractivity contribution >= 4 is 28.3 Å². The van der Waals surface area contributed by atoms with Crippen LogP contribution in [-0.4, -0.2) is 6.73 Å². The van der Waals surface area contributed by atoms with Crippen molar-refractivity contribution in [1.29, 1.82) is 0 Å². The first-order valence-electron chi connectivity index (χ1n) is 10.3. The second kappa shape index (κ2) is 7.10. The third-order valence-electron chi connectivity index (χ3n) is 6.42. The maximum atomic E-state index is 12.5. The highest BCUT2D eigenvalue weighted by molar-refractivity contribution is 6.33. The zero-order valence-corrected chi connectivity index (χ0v) is 17.5. The van der Waals surface area contributed by atoms with Crippen molar-refractivity contribution in [3.8, 4) is 5.75 Å². The van der Waals surface area contributed by atoms with Crippen LogP contribution < -0.4 is 15.3 Å². The third-order valence-corrected chi connectivity index (χ3v) is 6.70. The molecular formula is C24H24ClNO3. The Labute approximate surface area is 175 Å². The fourth-order valence-corrected chi connectivity index (χ4v) is 4.80. The van der Waals surface area contributed by atoms with Crippen LogP contribution >= 0.6 is 11.6 Å². The van der Waals surface area contributed by atoms with E-state index in [4.69, 9.17) is 20.8 Å². The molecule has 0 saturated carbocycles. The van der Waals surface area contributed by atoms with Crippen molar-refractivity contribution in [2.24, 2.45) is 0 Å². The van der Waals surface area contributed by atoms with Gasteiger partial charge in [-0.05, 0) is 60.9 Å². The van der Waals surface area contributed by atoms with E-state index in [2.05, 4.69) is 43.0 Å². The van der Waals surface area contributed by atoms with Crippen LogP contribution in [0, 0.1) is 0 Å². The molecule has 2 heterocycles. The molecule has 2 aliphatic rings. The summed E-state index contributed by atoms with van der Waals surface area (Å²) in [5.74, 6) is 1.18. The maximum Gasteiger partial charge on any atom is 0.339 e. The van der Waals surface area contributed by atoms with E-state index in [1.54, 1.807) is 0 Å². The molecule has 1 unspecified atom stereocenters. The molecule has 5 rings (SSSR count). The lowest BCUT2D eigenvalue weighted by Crippen LogP contribution is -2.32. The molecule has 0 radical (unpaired) electrons. The molecule has 0 N–H and O–H groups in total. The van der Waals surface area contributed by atoms with Gasteiger partial charge in [0, 0.05) is 16.6 Å². The molecule has 29 heavy (non-hydrogen) atoms. The summed E-state index contributed by atoms with van der Waals surface area (Å²) >= 11 is 6.56. The van der Waals surface area contributed by atoms with Crippen molar-refractivity contribution in [1.82, 2.24) is 0 Å². The summed E-state index contributed by atoms with van der Waals surface area (Å²) in [6.45, 7) is 5.45. The monoisotopic (exact) mass is 409 g/mol. The molecule has 1 aromatic heterocycles. The number of halogens is 1. The van der Waals surface area contributed by atoms with Crippen molar-refractivity contribution in [3.63, 3.8) is 0 Å². The average molecular weight is 410 g/mol. The van der Waals surface area contributed by atoms with E-state index in [1.807, 2.05) is 6.07 Å². The van der Waals surface area contributed by atoms with Gasteiger partial charge >= 0.3 is 5.63 Å². The Kier molecular flexibility index (Phi) is 4.54. The van der Waals surface area contributed by atoms with E-state index in [0.29, 0.717) is 35.5 Å². The normalized spacial score (nSPS) is 16.4. The van der Waals surface area contributed by atoms with Gasteiger partial charge in [0.15, 0.2) is 6.73 Å². The highest BCUT2D eigenvalue weighted by Gasteiger charge is 2.28. The van der Waals surface area contributed by atoms with Crippen LogP contribution in [0.5, 0.6) is 5.75 Å². The van der Waals surface area contributed by atoms with E-state index in [-0.39, 0.29) is 5.63 Å². The zero-order chi connectivity index (χ0) is 20.1. The predicted octanol–water partition coefficient (Wildman–Crippen LogP) is 5.81. The fourth-order valence-electron chi connectivity index (χ4n) is 4.52.